The van der Waals surface area contributed by atoms with E-state index >= 15 is 0 Å². The van der Waals surface area contributed by atoms with Crippen molar-refractivity contribution in [2.45, 2.75) is 38.4 Å². The zero-order valence-electron chi connectivity index (χ0n) is 10.9. The molecule has 1 aromatic carbocycles. The second kappa shape index (κ2) is 6.69. The summed E-state index contributed by atoms with van der Waals surface area (Å²) in [4.78, 5) is 11.6. The van der Waals surface area contributed by atoms with Crippen LogP contribution in [0.5, 0.6) is 0 Å². The molecule has 3 N–H and O–H groups in total. The molecule has 1 rings (SSSR count). The average molecular weight is 292 g/mol. The largest absolute Gasteiger partial charge is 0.416 e. The van der Waals surface area contributed by atoms with Crippen LogP contribution in [-0.4, -0.2) is 11.9 Å². The number of nitrogens with two attached hydrogens (primary N) is 1. The number of anilines is 1. The monoisotopic (exact) mass is 292 g/mol. The van der Waals surface area contributed by atoms with Crippen LogP contribution in [0.1, 0.15) is 31.7 Å². The van der Waals surface area contributed by atoms with Crippen LogP contribution in [0, 0.1) is 5.82 Å². The fraction of sp³-hybridized carbons (Fsp3) is 0.462. The Hall–Kier alpha value is -1.63. The maximum absolute atomic E-state index is 13.4. The molecule has 7 heteroatoms. The van der Waals surface area contributed by atoms with Gasteiger partial charge in [0.25, 0.3) is 0 Å². The molecule has 0 aliphatic carbocycles. The summed E-state index contributed by atoms with van der Waals surface area (Å²) in [5.74, 6) is -1.53. The minimum absolute atomic E-state index is 0.0659. The van der Waals surface area contributed by atoms with Gasteiger partial charge in [0.15, 0.2) is 0 Å². The fourth-order valence-corrected chi connectivity index (χ4v) is 1.71. The van der Waals surface area contributed by atoms with E-state index in [9.17, 15) is 22.4 Å². The zero-order chi connectivity index (χ0) is 15.3. The van der Waals surface area contributed by atoms with Gasteiger partial charge in [-0.2, -0.15) is 13.2 Å². The summed E-state index contributed by atoms with van der Waals surface area (Å²) in [6.07, 6.45) is -3.26. The van der Waals surface area contributed by atoms with E-state index in [1.54, 1.807) is 0 Å². The Morgan fingerprint density at radius 1 is 1.40 bits per heavy atom. The van der Waals surface area contributed by atoms with E-state index in [1.165, 1.54) is 0 Å². The van der Waals surface area contributed by atoms with Crippen molar-refractivity contribution in [2.24, 2.45) is 5.73 Å². The second-order valence-electron chi connectivity index (χ2n) is 4.49. The summed E-state index contributed by atoms with van der Waals surface area (Å²) in [5.41, 5.74) is 4.13. The molecule has 1 atom stereocenters. The van der Waals surface area contributed by atoms with Gasteiger partial charge in [0.1, 0.15) is 5.82 Å². The molecular formula is C13H16F4N2O. The Balaban J connectivity index is 2.79. The lowest BCUT2D eigenvalue weighted by molar-refractivity contribution is -0.137. The lowest BCUT2D eigenvalue weighted by Crippen LogP contribution is -2.27. The van der Waals surface area contributed by atoms with Crippen molar-refractivity contribution >= 4 is 11.6 Å². The van der Waals surface area contributed by atoms with Gasteiger partial charge < -0.3 is 11.1 Å². The molecule has 0 heterocycles. The van der Waals surface area contributed by atoms with Gasteiger partial charge in [0, 0.05) is 12.5 Å². The molecule has 1 unspecified atom stereocenters. The summed E-state index contributed by atoms with van der Waals surface area (Å²) in [5, 5.41) is 2.12. The van der Waals surface area contributed by atoms with Gasteiger partial charge in [0.2, 0.25) is 5.91 Å². The molecule has 0 fully saturated rings. The molecule has 112 valence electrons. The molecule has 0 aromatic heterocycles. The summed E-state index contributed by atoms with van der Waals surface area (Å²) < 4.78 is 50.9. The number of carbonyl (C=O) groups excluding carboxylic acids is 1. The number of benzene rings is 1. The van der Waals surface area contributed by atoms with Gasteiger partial charge in [-0.05, 0) is 24.6 Å². The Bertz CT molecular complexity index is 474. The zero-order valence-corrected chi connectivity index (χ0v) is 10.9. The number of amides is 1. The van der Waals surface area contributed by atoms with E-state index in [-0.39, 0.29) is 6.42 Å². The Labute approximate surface area is 114 Å². The van der Waals surface area contributed by atoms with E-state index < -0.39 is 35.2 Å². The van der Waals surface area contributed by atoms with Crippen molar-refractivity contribution in [3.63, 3.8) is 0 Å². The average Bonchev–Trinajstić information content (AvgIpc) is 2.30. The molecule has 20 heavy (non-hydrogen) atoms. The van der Waals surface area contributed by atoms with Crippen molar-refractivity contribution < 1.29 is 22.4 Å². The van der Waals surface area contributed by atoms with Gasteiger partial charge >= 0.3 is 6.18 Å². The smallest absolute Gasteiger partial charge is 0.327 e. The maximum Gasteiger partial charge on any atom is 0.416 e. The number of hydrogen-bond donors (Lipinski definition) is 2. The highest BCUT2D eigenvalue weighted by Gasteiger charge is 2.31. The molecule has 0 radical (unpaired) electrons. The van der Waals surface area contributed by atoms with Crippen LogP contribution in [-0.2, 0) is 11.0 Å². The van der Waals surface area contributed by atoms with Crippen LogP contribution in [0.25, 0.3) is 0 Å². The van der Waals surface area contributed by atoms with Gasteiger partial charge in [0.05, 0.1) is 11.3 Å². The Kier molecular flexibility index (Phi) is 5.50. The van der Waals surface area contributed by atoms with Crippen LogP contribution < -0.4 is 11.1 Å². The van der Waals surface area contributed by atoms with E-state index in [1.807, 2.05) is 6.92 Å². The van der Waals surface area contributed by atoms with E-state index in [0.717, 1.165) is 6.42 Å². The first-order valence-corrected chi connectivity index (χ1v) is 6.16. The first-order valence-electron chi connectivity index (χ1n) is 6.16. The number of carbonyl (C=O) groups is 1. The van der Waals surface area contributed by atoms with Crippen molar-refractivity contribution in [1.82, 2.24) is 0 Å². The minimum Gasteiger partial charge on any atom is -0.327 e. The number of nitrogens with one attached hydrogen (secondary N) is 1. The Morgan fingerprint density at radius 2 is 2.05 bits per heavy atom. The molecular weight excluding hydrogens is 276 g/mol. The topological polar surface area (TPSA) is 55.1 Å². The third-order valence-electron chi connectivity index (χ3n) is 2.67. The van der Waals surface area contributed by atoms with Crippen molar-refractivity contribution in [3.05, 3.63) is 29.6 Å². The molecule has 0 saturated carbocycles. The van der Waals surface area contributed by atoms with Gasteiger partial charge in [-0.1, -0.05) is 13.3 Å². The van der Waals surface area contributed by atoms with E-state index in [2.05, 4.69) is 5.32 Å². The van der Waals surface area contributed by atoms with Crippen LogP contribution in [0.2, 0.25) is 0 Å². The molecule has 1 amide bonds. The van der Waals surface area contributed by atoms with Gasteiger partial charge in [-0.15, -0.1) is 0 Å². The predicted octanol–water partition coefficient (Wildman–Crippen LogP) is 3.30. The second-order valence-corrected chi connectivity index (χ2v) is 4.49. The summed E-state index contributed by atoms with van der Waals surface area (Å²) in [7, 11) is 0. The number of halogens is 4. The van der Waals surface area contributed by atoms with Crippen molar-refractivity contribution in [2.75, 3.05) is 5.32 Å². The van der Waals surface area contributed by atoms with Gasteiger partial charge in [-0.3, -0.25) is 4.79 Å². The van der Waals surface area contributed by atoms with Gasteiger partial charge in [-0.25, -0.2) is 4.39 Å². The molecule has 0 spiro atoms. The number of alkyl halides is 3. The van der Waals surface area contributed by atoms with E-state index in [4.69, 9.17) is 5.73 Å². The summed E-state index contributed by atoms with van der Waals surface area (Å²) >= 11 is 0. The number of hydrogen-bond acceptors (Lipinski definition) is 2. The van der Waals surface area contributed by atoms with Crippen LogP contribution in [0.15, 0.2) is 18.2 Å². The highest BCUT2D eigenvalue weighted by molar-refractivity contribution is 5.91. The highest BCUT2D eigenvalue weighted by Crippen LogP contribution is 2.31. The highest BCUT2D eigenvalue weighted by atomic mass is 19.4. The predicted molar refractivity (Wildman–Crippen MR) is 67.5 cm³/mol. The number of rotatable bonds is 5. The minimum atomic E-state index is -4.59. The first-order chi connectivity index (χ1) is 9.24. The SMILES string of the molecule is CCCC(N)CC(=O)Nc1cc(C(F)(F)F)ccc1F. The van der Waals surface area contributed by atoms with Crippen molar-refractivity contribution in [1.29, 1.82) is 0 Å². The summed E-state index contributed by atoms with van der Waals surface area (Å²) in [6.45, 7) is 1.89. The molecule has 3 nitrogen and oxygen atoms in total. The molecule has 0 aliphatic heterocycles. The summed E-state index contributed by atoms with van der Waals surface area (Å²) in [6, 6.07) is 1.46. The molecule has 1 aromatic rings. The van der Waals surface area contributed by atoms with Crippen LogP contribution in [0.3, 0.4) is 0 Å². The molecule has 0 bridgehead atoms. The molecule has 0 saturated heterocycles. The lowest BCUT2D eigenvalue weighted by atomic mass is 10.1. The van der Waals surface area contributed by atoms with Crippen LogP contribution >= 0.6 is 0 Å². The quantitative estimate of drug-likeness (QED) is 0.818. The third kappa shape index (κ3) is 4.80. The standard InChI is InChI=1S/C13H16F4N2O/c1-2-3-9(18)7-12(20)19-11-6-8(13(15,16)17)4-5-10(11)14/h4-6,9H,2-3,7,18H2,1H3,(H,19,20). The molecule has 0 aliphatic rings. The first kappa shape index (κ1) is 16.4. The van der Waals surface area contributed by atoms with E-state index in [0.29, 0.717) is 24.6 Å². The van der Waals surface area contributed by atoms with Crippen LogP contribution in [0.4, 0.5) is 23.2 Å². The Morgan fingerprint density at radius 3 is 2.60 bits per heavy atom. The fourth-order valence-electron chi connectivity index (χ4n) is 1.71. The third-order valence-corrected chi connectivity index (χ3v) is 2.67. The lowest BCUT2D eigenvalue weighted by Gasteiger charge is -2.13. The normalized spacial score (nSPS) is 13.1. The van der Waals surface area contributed by atoms with Crippen molar-refractivity contribution in [3.8, 4) is 0 Å². The maximum atomic E-state index is 13.4.